The van der Waals surface area contributed by atoms with E-state index in [2.05, 4.69) is 10.6 Å². The van der Waals surface area contributed by atoms with Crippen molar-refractivity contribution in [1.82, 2.24) is 9.88 Å². The molecule has 2 heterocycles. The Morgan fingerprint density at radius 3 is 2.63 bits per heavy atom. The third kappa shape index (κ3) is 3.08. The Morgan fingerprint density at radius 2 is 1.96 bits per heavy atom. The highest BCUT2D eigenvalue weighted by Crippen LogP contribution is 2.29. The van der Waals surface area contributed by atoms with Gasteiger partial charge in [0.2, 0.25) is 0 Å². The maximum atomic E-state index is 12.5. The van der Waals surface area contributed by atoms with Crippen LogP contribution in [0.15, 0.2) is 29.1 Å². The van der Waals surface area contributed by atoms with Gasteiger partial charge in [-0.1, -0.05) is 0 Å². The van der Waals surface area contributed by atoms with Gasteiger partial charge < -0.3 is 15.2 Å². The van der Waals surface area contributed by atoms with Gasteiger partial charge in [-0.15, -0.1) is 0 Å². The fourth-order valence-corrected chi connectivity index (χ4v) is 2.75. The summed E-state index contributed by atoms with van der Waals surface area (Å²) in [6.45, 7) is 1.87. The van der Waals surface area contributed by atoms with Crippen molar-refractivity contribution < 1.29 is 23.9 Å². The third-order valence-electron chi connectivity index (χ3n) is 3.91. The summed E-state index contributed by atoms with van der Waals surface area (Å²) < 4.78 is 11.1. The van der Waals surface area contributed by atoms with E-state index in [9.17, 15) is 19.2 Å². The zero-order valence-electron chi connectivity index (χ0n) is 14.5. The summed E-state index contributed by atoms with van der Waals surface area (Å²) in [6, 6.07) is 5.50. The Kier molecular flexibility index (Phi) is 4.55. The van der Waals surface area contributed by atoms with E-state index >= 15 is 0 Å². The lowest BCUT2D eigenvalue weighted by Crippen LogP contribution is -2.24. The van der Waals surface area contributed by atoms with Crippen molar-refractivity contribution in [2.45, 2.75) is 6.92 Å². The molecule has 1 aromatic heterocycles. The summed E-state index contributed by atoms with van der Waals surface area (Å²) in [7, 11) is 1.39. The number of hydrogen-bond acceptors (Lipinski definition) is 7. The molecule has 0 atom stereocenters. The molecule has 27 heavy (non-hydrogen) atoms. The van der Waals surface area contributed by atoms with Gasteiger partial charge in [0.05, 0.1) is 36.2 Å². The van der Waals surface area contributed by atoms with Gasteiger partial charge in [-0.25, -0.2) is 4.79 Å². The van der Waals surface area contributed by atoms with Gasteiger partial charge in [0.1, 0.15) is 11.6 Å². The van der Waals surface area contributed by atoms with Gasteiger partial charge in [-0.3, -0.25) is 29.6 Å². The van der Waals surface area contributed by atoms with Crippen LogP contribution in [0.1, 0.15) is 27.6 Å². The number of amides is 3. The number of ether oxygens (including phenoxy) is 2. The number of benzene rings is 1. The zero-order chi connectivity index (χ0) is 19.7. The molecule has 0 saturated heterocycles. The van der Waals surface area contributed by atoms with Crippen LogP contribution in [0.2, 0.25) is 0 Å². The predicted molar refractivity (Wildman–Crippen MR) is 95.4 cm³/mol. The highest BCUT2D eigenvalue weighted by atomic mass is 16.5. The molecule has 0 radical (unpaired) electrons. The van der Waals surface area contributed by atoms with E-state index < -0.39 is 23.5 Å². The van der Waals surface area contributed by atoms with Crippen molar-refractivity contribution in [2.24, 2.45) is 0 Å². The number of nitrogens with two attached hydrogens (primary N) is 1. The van der Waals surface area contributed by atoms with Gasteiger partial charge >= 0.3 is 6.09 Å². The van der Waals surface area contributed by atoms with Gasteiger partial charge in [0, 0.05) is 12.1 Å². The topological polar surface area (TPSA) is 142 Å². The molecule has 140 valence electrons. The summed E-state index contributed by atoms with van der Waals surface area (Å²) in [6.07, 6.45) is -0.659. The number of imide groups is 1. The number of methoxy groups -OCH3 is 1. The second-order valence-electron chi connectivity index (χ2n) is 5.51. The Bertz CT molecular complexity index is 1030. The molecule has 0 saturated carbocycles. The lowest BCUT2D eigenvalue weighted by atomic mass is 10.1. The van der Waals surface area contributed by atoms with Crippen LogP contribution in [0, 0.1) is 0 Å². The highest BCUT2D eigenvalue weighted by Gasteiger charge is 2.31. The van der Waals surface area contributed by atoms with Crippen molar-refractivity contribution in [3.8, 4) is 11.4 Å². The van der Waals surface area contributed by atoms with Crippen LogP contribution < -0.4 is 26.7 Å². The number of fused-ring (bicyclic) bond motifs is 1. The molecule has 3 rings (SSSR count). The zero-order valence-corrected chi connectivity index (χ0v) is 14.5. The Balaban J connectivity index is 2.09. The van der Waals surface area contributed by atoms with Gasteiger partial charge in [0.15, 0.2) is 0 Å². The molecule has 1 aliphatic heterocycles. The summed E-state index contributed by atoms with van der Waals surface area (Å²) in [5.41, 5.74) is 5.88. The fraction of sp³-hybridized carbons (Fsp3) is 0.176. The SMILES string of the molecule is CCOC(=O)Nc1ccc(-n2c(N)c3c(cc2=O)C(=O)NC3=O)cc1OC. The quantitative estimate of drug-likeness (QED) is 0.676. The van der Waals surface area contributed by atoms with E-state index in [0.29, 0.717) is 11.4 Å². The minimum Gasteiger partial charge on any atom is -0.494 e. The standard InChI is InChI=1S/C17H16N4O6/c1-3-27-17(25)19-10-5-4-8(6-11(10)26-2)21-12(22)7-9-13(14(21)18)16(24)20-15(9)23/h4-7H,3,18H2,1-2H3,(H,19,25)(H,20,23,24). The largest absolute Gasteiger partial charge is 0.494 e. The number of pyridine rings is 1. The summed E-state index contributed by atoms with van der Waals surface area (Å²) in [4.78, 5) is 47.7. The maximum Gasteiger partial charge on any atom is 0.411 e. The molecule has 0 aliphatic carbocycles. The Morgan fingerprint density at radius 1 is 1.22 bits per heavy atom. The highest BCUT2D eigenvalue weighted by molar-refractivity contribution is 6.23. The van der Waals surface area contributed by atoms with Crippen LogP contribution in [0.3, 0.4) is 0 Å². The molecule has 0 unspecified atom stereocenters. The van der Waals surface area contributed by atoms with E-state index in [4.69, 9.17) is 15.2 Å². The normalized spacial score (nSPS) is 12.4. The number of carbonyl (C=O) groups is 3. The van der Waals surface area contributed by atoms with Crippen molar-refractivity contribution in [3.63, 3.8) is 0 Å². The smallest absolute Gasteiger partial charge is 0.411 e. The van der Waals surface area contributed by atoms with Crippen molar-refractivity contribution in [2.75, 3.05) is 24.8 Å². The average molecular weight is 372 g/mol. The lowest BCUT2D eigenvalue weighted by molar-refractivity contribution is 0.0879. The van der Waals surface area contributed by atoms with Crippen LogP contribution in [0.25, 0.3) is 5.69 Å². The number of nitrogens with one attached hydrogen (secondary N) is 2. The molecule has 2 aromatic rings. The third-order valence-corrected chi connectivity index (χ3v) is 3.91. The molecule has 0 fully saturated rings. The van der Waals surface area contributed by atoms with Crippen LogP contribution in [-0.2, 0) is 4.74 Å². The number of hydrogen-bond donors (Lipinski definition) is 3. The number of anilines is 2. The maximum absolute atomic E-state index is 12.5. The summed E-state index contributed by atoms with van der Waals surface area (Å²) >= 11 is 0. The van der Waals surface area contributed by atoms with E-state index in [1.165, 1.54) is 25.3 Å². The molecule has 0 spiro atoms. The number of nitrogens with zero attached hydrogens (tertiary/aromatic N) is 1. The van der Waals surface area contributed by atoms with Crippen molar-refractivity contribution in [1.29, 1.82) is 0 Å². The van der Waals surface area contributed by atoms with E-state index in [-0.39, 0.29) is 29.3 Å². The van der Waals surface area contributed by atoms with Gasteiger partial charge in [0.25, 0.3) is 17.4 Å². The molecular formula is C17H16N4O6. The van der Waals surface area contributed by atoms with Crippen molar-refractivity contribution >= 4 is 29.4 Å². The number of nitrogen functional groups attached to an aromatic ring is 1. The second kappa shape index (κ2) is 6.83. The van der Waals surface area contributed by atoms with Crippen LogP contribution in [0.4, 0.5) is 16.3 Å². The molecule has 1 aliphatic rings. The Hall–Kier alpha value is -3.82. The van der Waals surface area contributed by atoms with E-state index in [0.717, 1.165) is 10.6 Å². The first kappa shape index (κ1) is 18.0. The van der Waals surface area contributed by atoms with Crippen LogP contribution >= 0.6 is 0 Å². The van der Waals surface area contributed by atoms with E-state index in [1.807, 2.05) is 0 Å². The molecule has 1 aromatic carbocycles. The minimum atomic E-state index is -0.672. The number of carbonyl (C=O) groups excluding carboxylic acids is 3. The first-order chi connectivity index (χ1) is 12.9. The van der Waals surface area contributed by atoms with Crippen LogP contribution in [0.5, 0.6) is 5.75 Å². The molecule has 4 N–H and O–H groups in total. The molecule has 10 nitrogen and oxygen atoms in total. The fourth-order valence-electron chi connectivity index (χ4n) is 2.75. The molecule has 3 amide bonds. The van der Waals surface area contributed by atoms with Crippen LogP contribution in [-0.4, -0.2) is 36.2 Å². The number of rotatable bonds is 4. The first-order valence-corrected chi connectivity index (χ1v) is 7.90. The Labute approximate surface area is 152 Å². The van der Waals surface area contributed by atoms with E-state index in [1.54, 1.807) is 6.92 Å². The van der Waals surface area contributed by atoms with Gasteiger partial charge in [-0.2, -0.15) is 0 Å². The predicted octanol–water partition coefficient (Wildman–Crippen LogP) is 0.880. The minimum absolute atomic E-state index is 0.0627. The molecule has 10 heteroatoms. The molecule has 0 bridgehead atoms. The first-order valence-electron chi connectivity index (χ1n) is 7.90. The second-order valence-corrected chi connectivity index (χ2v) is 5.51. The van der Waals surface area contributed by atoms with Crippen molar-refractivity contribution in [3.05, 3.63) is 45.7 Å². The molecular weight excluding hydrogens is 356 g/mol. The van der Waals surface area contributed by atoms with Gasteiger partial charge in [-0.05, 0) is 19.1 Å². The average Bonchev–Trinajstić information content (AvgIpc) is 2.90. The summed E-state index contributed by atoms with van der Waals surface area (Å²) in [5, 5.41) is 4.61. The lowest BCUT2D eigenvalue weighted by Gasteiger charge is -2.15. The monoisotopic (exact) mass is 372 g/mol. The summed E-state index contributed by atoms with van der Waals surface area (Å²) in [5.74, 6) is -1.27. The number of aromatic nitrogens is 1.